The molecule has 3 rings (SSSR count). The Bertz CT molecular complexity index is 894. The zero-order valence-corrected chi connectivity index (χ0v) is 17.2. The molecule has 0 saturated carbocycles. The molecule has 2 heterocycles. The van der Waals surface area contributed by atoms with Crippen LogP contribution in [-0.4, -0.2) is 30.6 Å². The van der Waals surface area contributed by atoms with Crippen LogP contribution in [0.15, 0.2) is 41.1 Å². The number of carbonyl (C=O) groups excluding carboxylic acids is 1. The van der Waals surface area contributed by atoms with Crippen molar-refractivity contribution in [3.05, 3.63) is 61.9 Å². The third-order valence-corrected chi connectivity index (χ3v) is 4.30. The third kappa shape index (κ3) is 4.21. The van der Waals surface area contributed by atoms with Crippen molar-refractivity contribution in [1.29, 1.82) is 0 Å². The minimum atomic E-state index is -0.369. The van der Waals surface area contributed by atoms with E-state index in [9.17, 15) is 4.79 Å². The van der Waals surface area contributed by atoms with Crippen LogP contribution in [0.25, 0.3) is 5.95 Å². The quantitative estimate of drug-likeness (QED) is 0.542. The molecule has 0 spiro atoms. The van der Waals surface area contributed by atoms with Crippen molar-refractivity contribution in [2.75, 3.05) is 0 Å². The monoisotopic (exact) mass is 512 g/mol. The van der Waals surface area contributed by atoms with Gasteiger partial charge in [-0.25, -0.2) is 15.0 Å². The van der Waals surface area contributed by atoms with E-state index in [1.165, 1.54) is 0 Å². The summed E-state index contributed by atoms with van der Waals surface area (Å²) in [5, 5.41) is 7.27. The van der Waals surface area contributed by atoms with Crippen LogP contribution >= 0.6 is 38.5 Å². The van der Waals surface area contributed by atoms with Crippen molar-refractivity contribution in [3.8, 4) is 5.95 Å². The maximum absolute atomic E-state index is 12.6. The summed E-state index contributed by atoms with van der Waals surface area (Å²) in [4.78, 5) is 25.4. The molecular formula is C16H14BrIN6O. The summed E-state index contributed by atoms with van der Waals surface area (Å²) in [6.07, 6.45) is 3.27. The molecule has 0 bridgehead atoms. The highest BCUT2D eigenvalue weighted by Gasteiger charge is 2.20. The van der Waals surface area contributed by atoms with E-state index in [0.717, 1.165) is 10.0 Å². The lowest BCUT2D eigenvalue weighted by molar-refractivity contribution is 0.0937. The van der Waals surface area contributed by atoms with E-state index in [0.29, 0.717) is 21.2 Å². The van der Waals surface area contributed by atoms with Gasteiger partial charge in [0.05, 0.1) is 6.04 Å². The Balaban J connectivity index is 1.87. The van der Waals surface area contributed by atoms with Gasteiger partial charge in [-0.1, -0.05) is 15.9 Å². The van der Waals surface area contributed by atoms with Crippen molar-refractivity contribution >= 4 is 44.4 Å². The van der Waals surface area contributed by atoms with Crippen molar-refractivity contribution in [1.82, 2.24) is 30.0 Å². The Labute approximate surface area is 166 Å². The minimum absolute atomic E-state index is 0.185. The molecule has 128 valence electrons. The van der Waals surface area contributed by atoms with E-state index in [4.69, 9.17) is 0 Å². The molecule has 0 aliphatic heterocycles. The molecule has 7 nitrogen and oxygen atoms in total. The highest BCUT2D eigenvalue weighted by molar-refractivity contribution is 14.1. The summed E-state index contributed by atoms with van der Waals surface area (Å²) in [5.41, 5.74) is 1.58. The Morgan fingerprint density at radius 3 is 2.68 bits per heavy atom. The number of carbonyl (C=O) groups is 1. The molecule has 1 amide bonds. The van der Waals surface area contributed by atoms with Crippen molar-refractivity contribution in [2.45, 2.75) is 19.9 Å². The van der Waals surface area contributed by atoms with Gasteiger partial charge in [-0.15, -0.1) is 5.10 Å². The van der Waals surface area contributed by atoms with Crippen molar-refractivity contribution in [3.63, 3.8) is 0 Å². The zero-order valence-electron chi connectivity index (χ0n) is 13.4. The summed E-state index contributed by atoms with van der Waals surface area (Å²) < 4.78 is 2.96. The average Bonchev–Trinajstić information content (AvgIpc) is 2.97. The SMILES string of the molecule is Cc1cc(Br)cc(C(=O)NC(C)c2nc(I)nn2-c2ncccn2)c1. The van der Waals surface area contributed by atoms with Crippen LogP contribution in [0.3, 0.4) is 0 Å². The average molecular weight is 513 g/mol. The number of aromatic nitrogens is 5. The van der Waals surface area contributed by atoms with Crippen molar-refractivity contribution in [2.24, 2.45) is 0 Å². The Morgan fingerprint density at radius 2 is 2.00 bits per heavy atom. The van der Waals surface area contributed by atoms with Gasteiger partial charge in [-0.2, -0.15) is 4.68 Å². The van der Waals surface area contributed by atoms with Crippen LogP contribution in [-0.2, 0) is 0 Å². The van der Waals surface area contributed by atoms with Crippen LogP contribution in [0.4, 0.5) is 0 Å². The second-order valence-corrected chi connectivity index (χ2v) is 7.29. The summed E-state index contributed by atoms with van der Waals surface area (Å²) in [6, 6.07) is 6.93. The molecule has 9 heteroatoms. The van der Waals surface area contributed by atoms with Gasteiger partial charge in [0, 0.05) is 45.0 Å². The van der Waals surface area contributed by atoms with Crippen LogP contribution in [0.1, 0.15) is 34.7 Å². The number of hydrogen-bond acceptors (Lipinski definition) is 5. The molecule has 3 aromatic rings. The zero-order chi connectivity index (χ0) is 18.0. The molecule has 0 aliphatic carbocycles. The first kappa shape index (κ1) is 17.9. The second-order valence-electron chi connectivity index (χ2n) is 5.41. The Kier molecular flexibility index (Phi) is 5.42. The summed E-state index contributed by atoms with van der Waals surface area (Å²) in [6.45, 7) is 3.79. The van der Waals surface area contributed by atoms with Gasteiger partial charge in [0.1, 0.15) is 0 Å². The molecule has 0 radical (unpaired) electrons. The van der Waals surface area contributed by atoms with Gasteiger partial charge in [-0.3, -0.25) is 4.79 Å². The first-order valence-corrected chi connectivity index (χ1v) is 9.29. The number of amides is 1. The highest BCUT2D eigenvalue weighted by Crippen LogP contribution is 2.18. The number of nitrogens with zero attached hydrogens (tertiary/aromatic N) is 5. The predicted octanol–water partition coefficient (Wildman–Crippen LogP) is 3.22. The lowest BCUT2D eigenvalue weighted by Gasteiger charge is -2.14. The number of hydrogen-bond donors (Lipinski definition) is 1. The summed E-state index contributed by atoms with van der Waals surface area (Å²) in [7, 11) is 0. The largest absolute Gasteiger partial charge is 0.342 e. The van der Waals surface area contributed by atoms with E-state index in [2.05, 4.69) is 41.3 Å². The first-order valence-electron chi connectivity index (χ1n) is 7.42. The molecule has 1 N–H and O–H groups in total. The van der Waals surface area contributed by atoms with Crippen LogP contribution in [0.5, 0.6) is 0 Å². The van der Waals surface area contributed by atoms with E-state index >= 15 is 0 Å². The molecule has 0 aliphatic rings. The van der Waals surface area contributed by atoms with E-state index in [1.54, 1.807) is 29.2 Å². The standard InChI is InChI=1S/C16H14BrIN6O/c1-9-6-11(8-12(17)7-9)14(25)21-10(2)13-22-15(18)23-24(13)16-19-4-3-5-20-16/h3-8,10H,1-2H3,(H,21,25). The van der Waals surface area contributed by atoms with Crippen molar-refractivity contribution < 1.29 is 4.79 Å². The summed E-state index contributed by atoms with van der Waals surface area (Å²) in [5.74, 6) is 0.790. The van der Waals surface area contributed by atoms with Gasteiger partial charge in [0.15, 0.2) is 5.82 Å². The maximum Gasteiger partial charge on any atom is 0.252 e. The maximum atomic E-state index is 12.6. The second kappa shape index (κ2) is 7.56. The molecule has 0 fully saturated rings. The number of halogens is 2. The topological polar surface area (TPSA) is 85.6 Å². The van der Waals surface area contributed by atoms with E-state index < -0.39 is 0 Å². The van der Waals surface area contributed by atoms with Gasteiger partial charge < -0.3 is 5.32 Å². The third-order valence-electron chi connectivity index (χ3n) is 3.39. The van der Waals surface area contributed by atoms with Gasteiger partial charge in [0.2, 0.25) is 3.83 Å². The van der Waals surface area contributed by atoms with E-state index in [-0.39, 0.29) is 11.9 Å². The number of nitrogens with one attached hydrogen (secondary N) is 1. The van der Waals surface area contributed by atoms with Gasteiger partial charge in [-0.05, 0) is 43.7 Å². The smallest absolute Gasteiger partial charge is 0.252 e. The lowest BCUT2D eigenvalue weighted by Crippen LogP contribution is -2.29. The van der Waals surface area contributed by atoms with Gasteiger partial charge in [0.25, 0.3) is 11.9 Å². The number of benzene rings is 1. The van der Waals surface area contributed by atoms with Gasteiger partial charge >= 0.3 is 0 Å². The molecule has 1 atom stereocenters. The first-order chi connectivity index (χ1) is 11.9. The Hall–Kier alpha value is -1.88. The summed E-state index contributed by atoms with van der Waals surface area (Å²) >= 11 is 5.44. The van der Waals surface area contributed by atoms with Crippen LogP contribution in [0.2, 0.25) is 0 Å². The fraction of sp³-hybridized carbons (Fsp3) is 0.188. The molecule has 25 heavy (non-hydrogen) atoms. The number of rotatable bonds is 4. The Morgan fingerprint density at radius 1 is 1.28 bits per heavy atom. The van der Waals surface area contributed by atoms with Crippen LogP contribution < -0.4 is 5.32 Å². The molecule has 1 aromatic carbocycles. The van der Waals surface area contributed by atoms with Crippen LogP contribution in [0, 0.1) is 10.8 Å². The fourth-order valence-electron chi connectivity index (χ4n) is 2.34. The lowest BCUT2D eigenvalue weighted by atomic mass is 10.1. The molecular weight excluding hydrogens is 499 g/mol. The fourth-order valence-corrected chi connectivity index (χ4v) is 3.41. The van der Waals surface area contributed by atoms with E-state index in [1.807, 2.05) is 48.6 Å². The molecule has 0 saturated heterocycles. The minimum Gasteiger partial charge on any atom is -0.342 e. The normalized spacial score (nSPS) is 12.0. The highest BCUT2D eigenvalue weighted by atomic mass is 127. The molecule has 1 unspecified atom stereocenters. The predicted molar refractivity (Wildman–Crippen MR) is 104 cm³/mol. The molecule has 2 aromatic heterocycles. The number of aryl methyl sites for hydroxylation is 1.